The number of aromatic amines is 1. The number of nitrogens with one attached hydrogen (secondary N) is 1. The molecule has 1 saturated carbocycles. The first kappa shape index (κ1) is 24.2. The fourth-order valence-electron chi connectivity index (χ4n) is 5.89. The number of pyridine rings is 1. The van der Waals surface area contributed by atoms with Crippen LogP contribution in [0.2, 0.25) is 10.0 Å². The van der Waals surface area contributed by atoms with Crippen molar-refractivity contribution < 1.29 is 4.39 Å². The Hall–Kier alpha value is -2.19. The van der Waals surface area contributed by atoms with Gasteiger partial charge in [0.1, 0.15) is 17.5 Å². The predicted molar refractivity (Wildman–Crippen MR) is 142 cm³/mol. The highest BCUT2D eigenvalue weighted by molar-refractivity contribution is 6.33. The van der Waals surface area contributed by atoms with E-state index in [9.17, 15) is 4.39 Å². The van der Waals surface area contributed by atoms with Gasteiger partial charge in [0.2, 0.25) is 0 Å². The maximum atomic E-state index is 14.3. The normalized spacial score (nSPS) is 22.3. The molecule has 1 aromatic carbocycles. The number of aromatic nitrogens is 3. The van der Waals surface area contributed by atoms with Gasteiger partial charge in [0.05, 0.1) is 5.02 Å². The van der Waals surface area contributed by atoms with Crippen LogP contribution in [0.15, 0.2) is 42.9 Å². The average Bonchev–Trinajstić information content (AvgIpc) is 3.59. The van der Waals surface area contributed by atoms with Gasteiger partial charge in [-0.25, -0.2) is 14.4 Å². The molecule has 0 bridgehead atoms. The molecule has 0 spiro atoms. The van der Waals surface area contributed by atoms with E-state index < -0.39 is 0 Å². The maximum absolute atomic E-state index is 14.3. The van der Waals surface area contributed by atoms with E-state index >= 15 is 0 Å². The van der Waals surface area contributed by atoms with Crippen molar-refractivity contribution in [2.75, 3.05) is 37.6 Å². The minimum Gasteiger partial charge on any atom is -0.353 e. The molecule has 1 unspecified atom stereocenters. The third kappa shape index (κ3) is 5.12. The van der Waals surface area contributed by atoms with Crippen molar-refractivity contribution >= 4 is 29.0 Å². The number of piperazine rings is 1. The molecule has 2 saturated heterocycles. The van der Waals surface area contributed by atoms with E-state index in [-0.39, 0.29) is 5.82 Å². The Bertz CT molecular complexity index is 1190. The van der Waals surface area contributed by atoms with Crippen LogP contribution in [0.1, 0.15) is 31.2 Å². The van der Waals surface area contributed by atoms with Gasteiger partial charge in [-0.2, -0.15) is 0 Å². The third-order valence-electron chi connectivity index (χ3n) is 7.96. The summed E-state index contributed by atoms with van der Waals surface area (Å²) >= 11 is 12.6. The monoisotopic (exact) mass is 528 g/mol. The van der Waals surface area contributed by atoms with Gasteiger partial charge in [-0.05, 0) is 62.9 Å². The standard InChI is InChI=1S/C27H31Cl2FN6/c28-21-4-3-19(24(30)14-21)16-34-9-5-22(6-10-34)36-12-11-35(17-25(36)18-1-2-18)27-23(29)13-20(15-33-27)26-31-7-8-32-26/h3-4,7-8,13-15,18,22,25H,1-2,5-6,9-12,16-17H2,(H,31,32). The largest absolute Gasteiger partial charge is 0.353 e. The number of piperidine rings is 1. The lowest BCUT2D eigenvalue weighted by Gasteiger charge is -2.48. The van der Waals surface area contributed by atoms with Crippen molar-refractivity contribution in [1.82, 2.24) is 24.8 Å². The Labute approximate surface area is 221 Å². The van der Waals surface area contributed by atoms with Crippen LogP contribution < -0.4 is 4.90 Å². The first-order valence-electron chi connectivity index (χ1n) is 12.9. The highest BCUT2D eigenvalue weighted by Crippen LogP contribution is 2.40. The van der Waals surface area contributed by atoms with Gasteiger partial charge in [0.25, 0.3) is 0 Å². The summed E-state index contributed by atoms with van der Waals surface area (Å²) in [6.07, 6.45) is 10.3. The lowest BCUT2D eigenvalue weighted by molar-refractivity contribution is 0.0539. The van der Waals surface area contributed by atoms with Crippen molar-refractivity contribution in [3.63, 3.8) is 0 Å². The molecule has 4 heterocycles. The molecule has 6 nitrogen and oxygen atoms in total. The third-order valence-corrected chi connectivity index (χ3v) is 8.47. The number of hydrogen-bond donors (Lipinski definition) is 1. The summed E-state index contributed by atoms with van der Waals surface area (Å²) in [7, 11) is 0. The van der Waals surface area contributed by atoms with Crippen LogP contribution >= 0.6 is 23.2 Å². The van der Waals surface area contributed by atoms with E-state index in [1.165, 1.54) is 18.9 Å². The van der Waals surface area contributed by atoms with Crippen LogP contribution in [0.4, 0.5) is 10.2 Å². The molecule has 36 heavy (non-hydrogen) atoms. The molecule has 2 aliphatic heterocycles. The highest BCUT2D eigenvalue weighted by Gasteiger charge is 2.42. The smallest absolute Gasteiger partial charge is 0.147 e. The van der Waals surface area contributed by atoms with E-state index in [2.05, 4.69) is 24.7 Å². The molecule has 9 heteroatoms. The van der Waals surface area contributed by atoms with Gasteiger partial charge in [0.15, 0.2) is 0 Å². The van der Waals surface area contributed by atoms with Gasteiger partial charge in [-0.3, -0.25) is 9.80 Å². The Morgan fingerprint density at radius 1 is 1.00 bits per heavy atom. The summed E-state index contributed by atoms with van der Waals surface area (Å²) in [6.45, 7) is 5.54. The first-order valence-corrected chi connectivity index (χ1v) is 13.6. The Balaban J connectivity index is 1.09. The fraction of sp³-hybridized carbons (Fsp3) is 0.481. The second-order valence-corrected chi connectivity index (χ2v) is 11.1. The Morgan fingerprint density at radius 3 is 2.53 bits per heavy atom. The molecule has 190 valence electrons. The molecule has 1 N–H and O–H groups in total. The zero-order valence-corrected chi connectivity index (χ0v) is 21.7. The summed E-state index contributed by atoms with van der Waals surface area (Å²) in [4.78, 5) is 19.7. The van der Waals surface area contributed by atoms with Gasteiger partial charge >= 0.3 is 0 Å². The van der Waals surface area contributed by atoms with Crippen LogP contribution in [0.25, 0.3) is 11.4 Å². The van der Waals surface area contributed by atoms with E-state index in [0.29, 0.717) is 28.7 Å². The summed E-state index contributed by atoms with van der Waals surface area (Å²) in [5.74, 6) is 2.20. The van der Waals surface area contributed by atoms with E-state index in [1.54, 1.807) is 18.5 Å². The molecule has 3 aliphatic rings. The minimum atomic E-state index is -0.209. The van der Waals surface area contributed by atoms with Crippen LogP contribution in [-0.2, 0) is 6.54 Å². The topological polar surface area (TPSA) is 51.3 Å². The lowest BCUT2D eigenvalue weighted by Crippen LogP contribution is -2.59. The summed E-state index contributed by atoms with van der Waals surface area (Å²) in [5.41, 5.74) is 1.63. The van der Waals surface area contributed by atoms with Gasteiger partial charge in [-0.15, -0.1) is 0 Å². The van der Waals surface area contributed by atoms with Gasteiger partial charge < -0.3 is 9.88 Å². The number of imidazole rings is 1. The average molecular weight is 529 g/mol. The number of nitrogens with zero attached hydrogens (tertiary/aromatic N) is 5. The number of hydrogen-bond acceptors (Lipinski definition) is 5. The molecular weight excluding hydrogens is 498 g/mol. The lowest BCUT2D eigenvalue weighted by atomic mass is 9.97. The van der Waals surface area contributed by atoms with E-state index in [1.807, 2.05) is 18.3 Å². The zero-order valence-electron chi connectivity index (χ0n) is 20.2. The number of halogens is 3. The fourth-order valence-corrected chi connectivity index (χ4v) is 6.33. The van der Waals surface area contributed by atoms with Crippen molar-refractivity contribution in [3.05, 3.63) is 64.3 Å². The van der Waals surface area contributed by atoms with Crippen LogP contribution in [0, 0.1) is 11.7 Å². The highest BCUT2D eigenvalue weighted by atomic mass is 35.5. The molecule has 1 aliphatic carbocycles. The van der Waals surface area contributed by atoms with Crippen molar-refractivity contribution in [1.29, 1.82) is 0 Å². The maximum Gasteiger partial charge on any atom is 0.147 e. The second-order valence-electron chi connectivity index (χ2n) is 10.3. The van der Waals surface area contributed by atoms with Gasteiger partial charge in [-0.1, -0.05) is 29.3 Å². The molecule has 0 amide bonds. The number of benzene rings is 1. The molecule has 3 fully saturated rings. The van der Waals surface area contributed by atoms with Crippen molar-refractivity contribution in [2.45, 2.75) is 44.3 Å². The Morgan fingerprint density at radius 2 is 1.83 bits per heavy atom. The predicted octanol–water partition coefficient (Wildman–Crippen LogP) is 5.48. The zero-order chi connectivity index (χ0) is 24.6. The summed E-state index contributed by atoms with van der Waals surface area (Å²) in [6, 6.07) is 8.07. The summed E-state index contributed by atoms with van der Waals surface area (Å²) < 4.78 is 14.3. The SMILES string of the molecule is Fc1cc(Cl)ccc1CN1CCC(N2CCN(c3ncc(-c4ncc[nH]4)cc3Cl)CC2C2CC2)CC1. The van der Waals surface area contributed by atoms with Crippen LogP contribution in [0.5, 0.6) is 0 Å². The van der Waals surface area contributed by atoms with Crippen LogP contribution in [0.3, 0.4) is 0 Å². The first-order chi connectivity index (χ1) is 17.5. The summed E-state index contributed by atoms with van der Waals surface area (Å²) in [5, 5.41) is 1.12. The molecule has 3 aromatic rings. The molecule has 1 atom stereocenters. The van der Waals surface area contributed by atoms with Crippen LogP contribution in [-0.4, -0.2) is 69.6 Å². The van der Waals surface area contributed by atoms with Crippen molar-refractivity contribution in [3.8, 4) is 11.4 Å². The van der Waals surface area contributed by atoms with E-state index in [4.69, 9.17) is 28.2 Å². The molecular formula is C27H31Cl2FN6. The minimum absolute atomic E-state index is 0.209. The molecule has 2 aromatic heterocycles. The number of H-pyrrole nitrogens is 1. The quantitative estimate of drug-likeness (QED) is 0.458. The second kappa shape index (κ2) is 10.3. The number of rotatable bonds is 6. The number of likely N-dealkylation sites (tertiary alicyclic amines) is 1. The number of anilines is 1. The Kier molecular flexibility index (Phi) is 6.90. The van der Waals surface area contributed by atoms with E-state index in [0.717, 1.165) is 74.3 Å². The van der Waals surface area contributed by atoms with Gasteiger partial charge in [0, 0.05) is 73.0 Å². The molecule has 0 radical (unpaired) electrons. The van der Waals surface area contributed by atoms with Crippen molar-refractivity contribution in [2.24, 2.45) is 5.92 Å². The molecule has 6 rings (SSSR count).